The molecule has 1 aliphatic rings. The van der Waals surface area contributed by atoms with Crippen molar-refractivity contribution in [1.29, 1.82) is 0 Å². The third kappa shape index (κ3) is 3.31. The van der Waals surface area contributed by atoms with Crippen LogP contribution in [-0.4, -0.2) is 50.1 Å². The van der Waals surface area contributed by atoms with Crippen LogP contribution in [-0.2, 0) is 11.2 Å². The number of nitrogens with zero attached hydrogens (tertiary/aromatic N) is 5. The second-order valence-electron chi connectivity index (χ2n) is 6.55. The Bertz CT molecular complexity index is 685. The summed E-state index contributed by atoms with van der Waals surface area (Å²) >= 11 is 0. The van der Waals surface area contributed by atoms with Crippen molar-refractivity contribution >= 4 is 5.91 Å². The molecule has 1 aromatic heterocycles. The fourth-order valence-electron chi connectivity index (χ4n) is 3.45. The van der Waals surface area contributed by atoms with Crippen LogP contribution in [0.2, 0.25) is 0 Å². The average Bonchev–Trinajstić information content (AvgIpc) is 3.18. The smallest absolute Gasteiger partial charge is 0.248 e. The number of aryl methyl sites for hydroxylation is 1. The molecule has 0 saturated carbocycles. The predicted octanol–water partition coefficient (Wildman–Crippen LogP) is 0.961. The number of carbonyl (C=O) groups is 1. The van der Waals surface area contributed by atoms with Gasteiger partial charge >= 0.3 is 0 Å². The maximum atomic E-state index is 13.2. The molecule has 1 amide bonds. The van der Waals surface area contributed by atoms with Crippen LogP contribution in [0.25, 0.3) is 0 Å². The van der Waals surface area contributed by atoms with E-state index in [4.69, 9.17) is 5.73 Å². The highest BCUT2D eigenvalue weighted by atomic mass is 16.2. The van der Waals surface area contributed by atoms with Gasteiger partial charge < -0.3 is 10.6 Å². The van der Waals surface area contributed by atoms with Gasteiger partial charge in [0, 0.05) is 19.0 Å². The van der Waals surface area contributed by atoms with E-state index in [9.17, 15) is 4.79 Å². The van der Waals surface area contributed by atoms with Gasteiger partial charge in [0.25, 0.3) is 0 Å². The van der Waals surface area contributed by atoms with Gasteiger partial charge in [-0.1, -0.05) is 30.3 Å². The summed E-state index contributed by atoms with van der Waals surface area (Å²) in [6.45, 7) is 5.23. The Hall–Kier alpha value is -2.28. The summed E-state index contributed by atoms with van der Waals surface area (Å²) in [6.07, 6.45) is 1.52. The molecule has 7 heteroatoms. The Morgan fingerprint density at radius 3 is 2.71 bits per heavy atom. The summed E-state index contributed by atoms with van der Waals surface area (Å²) in [4.78, 5) is 15.2. The van der Waals surface area contributed by atoms with E-state index in [1.165, 1.54) is 0 Å². The van der Waals surface area contributed by atoms with Gasteiger partial charge in [0.05, 0.1) is 0 Å². The topological polar surface area (TPSA) is 89.9 Å². The molecule has 0 radical (unpaired) electrons. The zero-order valence-electron chi connectivity index (χ0n) is 14.2. The Labute approximate surface area is 141 Å². The van der Waals surface area contributed by atoms with Crippen LogP contribution in [0.1, 0.15) is 30.8 Å². The number of hydrogen-bond acceptors (Lipinski definition) is 5. The van der Waals surface area contributed by atoms with Crippen molar-refractivity contribution in [2.45, 2.75) is 38.8 Å². The molecule has 0 bridgehead atoms. The van der Waals surface area contributed by atoms with Crippen LogP contribution >= 0.6 is 0 Å². The molecule has 2 N–H and O–H groups in total. The number of carbonyl (C=O) groups excluding carboxylic acids is 1. The summed E-state index contributed by atoms with van der Waals surface area (Å²) < 4.78 is 1.64. The molecule has 1 fully saturated rings. The van der Waals surface area contributed by atoms with Gasteiger partial charge in [-0.15, -0.1) is 5.10 Å². The van der Waals surface area contributed by atoms with Crippen molar-refractivity contribution < 1.29 is 4.79 Å². The molecule has 2 aromatic rings. The van der Waals surface area contributed by atoms with Crippen LogP contribution in [0, 0.1) is 12.8 Å². The lowest BCUT2D eigenvalue weighted by Gasteiger charge is -2.27. The summed E-state index contributed by atoms with van der Waals surface area (Å²) in [5, 5.41) is 11.7. The van der Waals surface area contributed by atoms with E-state index in [-0.39, 0.29) is 11.9 Å². The van der Waals surface area contributed by atoms with Crippen molar-refractivity contribution in [1.82, 2.24) is 25.1 Å². The van der Waals surface area contributed by atoms with E-state index in [1.807, 2.05) is 42.2 Å². The number of amides is 1. The Balaban J connectivity index is 1.87. The first-order chi connectivity index (χ1) is 11.6. The highest BCUT2D eigenvalue weighted by Gasteiger charge is 2.36. The van der Waals surface area contributed by atoms with Gasteiger partial charge in [-0.3, -0.25) is 4.79 Å². The monoisotopic (exact) mass is 328 g/mol. The lowest BCUT2D eigenvalue weighted by atomic mass is 10.0. The molecule has 7 nitrogen and oxygen atoms in total. The van der Waals surface area contributed by atoms with Gasteiger partial charge in [0.15, 0.2) is 0 Å². The molecule has 128 valence electrons. The summed E-state index contributed by atoms with van der Waals surface area (Å²) in [7, 11) is 0. The first-order valence-electron chi connectivity index (χ1n) is 8.39. The highest BCUT2D eigenvalue weighted by molar-refractivity contribution is 5.81. The van der Waals surface area contributed by atoms with Gasteiger partial charge in [-0.2, -0.15) is 0 Å². The van der Waals surface area contributed by atoms with Gasteiger partial charge in [0.1, 0.15) is 11.9 Å². The summed E-state index contributed by atoms with van der Waals surface area (Å²) in [6, 6.07) is 9.74. The van der Waals surface area contributed by atoms with Gasteiger partial charge in [-0.05, 0) is 48.7 Å². The molecule has 0 spiro atoms. The number of tetrazole rings is 1. The van der Waals surface area contributed by atoms with Crippen molar-refractivity contribution in [3.8, 4) is 0 Å². The minimum Gasteiger partial charge on any atom is -0.338 e. The highest BCUT2D eigenvalue weighted by Crippen LogP contribution is 2.27. The molecule has 3 rings (SSSR count). The summed E-state index contributed by atoms with van der Waals surface area (Å²) in [5.74, 6) is 1.08. The van der Waals surface area contributed by atoms with Crippen LogP contribution in [0.15, 0.2) is 30.3 Å². The van der Waals surface area contributed by atoms with Gasteiger partial charge in [0.2, 0.25) is 5.91 Å². The molecule has 1 aliphatic heterocycles. The number of nitrogens with two attached hydrogens (primary N) is 1. The van der Waals surface area contributed by atoms with E-state index < -0.39 is 6.04 Å². The number of aromatic nitrogens is 4. The fraction of sp³-hybridized carbons (Fsp3) is 0.529. The molecule has 24 heavy (non-hydrogen) atoms. The average molecular weight is 328 g/mol. The number of likely N-dealkylation sites (tertiary alicyclic amines) is 1. The van der Waals surface area contributed by atoms with E-state index in [0.29, 0.717) is 31.3 Å². The second-order valence-corrected chi connectivity index (χ2v) is 6.55. The fourth-order valence-corrected chi connectivity index (χ4v) is 3.45. The normalized spacial score (nSPS) is 21.9. The molecular formula is C17H24N6O. The molecule has 1 aromatic carbocycles. The van der Waals surface area contributed by atoms with Crippen molar-refractivity contribution in [2.75, 3.05) is 13.1 Å². The van der Waals surface area contributed by atoms with E-state index >= 15 is 0 Å². The molecular weight excluding hydrogens is 304 g/mol. The molecule has 0 aliphatic carbocycles. The number of benzene rings is 1. The number of hydrogen-bond donors (Lipinski definition) is 1. The van der Waals surface area contributed by atoms with Crippen molar-refractivity contribution in [3.63, 3.8) is 0 Å². The third-order valence-corrected chi connectivity index (χ3v) is 4.79. The predicted molar refractivity (Wildman–Crippen MR) is 90.1 cm³/mol. The Morgan fingerprint density at radius 2 is 2.12 bits per heavy atom. The maximum Gasteiger partial charge on any atom is 0.248 e. The largest absolute Gasteiger partial charge is 0.338 e. The number of rotatable bonds is 5. The first kappa shape index (κ1) is 16.6. The van der Waals surface area contributed by atoms with Gasteiger partial charge in [-0.25, -0.2) is 4.68 Å². The molecule has 3 unspecified atom stereocenters. The second kappa shape index (κ2) is 7.09. The molecule has 3 atom stereocenters. The van der Waals surface area contributed by atoms with E-state index in [2.05, 4.69) is 22.4 Å². The minimum atomic E-state index is -0.429. The lowest BCUT2D eigenvalue weighted by Crippen LogP contribution is -2.41. The van der Waals surface area contributed by atoms with Crippen LogP contribution < -0.4 is 5.73 Å². The molecule has 2 heterocycles. The van der Waals surface area contributed by atoms with Crippen LogP contribution in [0.4, 0.5) is 0 Å². The Kier molecular flexibility index (Phi) is 4.89. The lowest BCUT2D eigenvalue weighted by molar-refractivity contribution is -0.135. The SMILES string of the molecule is Cc1nnnn1C(Cc1ccccc1)C(=O)N1CC(CN)CC1C. The Morgan fingerprint density at radius 1 is 1.38 bits per heavy atom. The minimum absolute atomic E-state index is 0.0673. The van der Waals surface area contributed by atoms with Crippen molar-refractivity contribution in [3.05, 3.63) is 41.7 Å². The van der Waals surface area contributed by atoms with E-state index in [1.54, 1.807) is 4.68 Å². The van der Waals surface area contributed by atoms with Crippen LogP contribution in [0.3, 0.4) is 0 Å². The van der Waals surface area contributed by atoms with Crippen LogP contribution in [0.5, 0.6) is 0 Å². The maximum absolute atomic E-state index is 13.2. The zero-order chi connectivity index (χ0) is 17.1. The quantitative estimate of drug-likeness (QED) is 0.883. The van der Waals surface area contributed by atoms with Crippen molar-refractivity contribution in [2.24, 2.45) is 11.7 Å². The standard InChI is InChI=1S/C17H24N6O/c1-12-8-15(10-18)11-22(12)17(24)16(23-13(2)19-20-21-23)9-14-6-4-3-5-7-14/h3-7,12,15-16H,8-11,18H2,1-2H3. The molecule has 1 saturated heterocycles. The summed E-state index contributed by atoms with van der Waals surface area (Å²) in [5.41, 5.74) is 6.89. The van der Waals surface area contributed by atoms with E-state index in [0.717, 1.165) is 12.0 Å². The first-order valence-corrected chi connectivity index (χ1v) is 8.39. The zero-order valence-corrected chi connectivity index (χ0v) is 14.2. The third-order valence-electron chi connectivity index (χ3n) is 4.79.